The first-order valence-corrected chi connectivity index (χ1v) is 24.1. The van der Waals surface area contributed by atoms with Gasteiger partial charge in [-0.2, -0.15) is 0 Å². The summed E-state index contributed by atoms with van der Waals surface area (Å²) in [5, 5.41) is 46.9. The minimum absolute atomic E-state index is 0.00248. The molecular formula is C42H73N12O15P. The number of nitrogens with zero attached hydrogens (tertiary/aromatic N) is 1. The van der Waals surface area contributed by atoms with Crippen molar-refractivity contribution in [2.75, 3.05) is 26.3 Å². The van der Waals surface area contributed by atoms with Gasteiger partial charge in [-0.25, -0.2) is 9.36 Å². The van der Waals surface area contributed by atoms with Crippen LogP contribution in [0.3, 0.4) is 0 Å². The molecule has 396 valence electrons. The van der Waals surface area contributed by atoms with E-state index in [-0.39, 0.29) is 50.7 Å². The third-order valence-electron chi connectivity index (χ3n) is 10.3. The Kier molecular flexibility index (Phi) is 27.9. The highest BCUT2D eigenvalue weighted by atomic mass is 31.2. The molecule has 1 rings (SSSR count). The molecule has 0 heterocycles. The molecule has 0 saturated carbocycles. The quantitative estimate of drug-likeness (QED) is 0.0136. The highest BCUT2D eigenvalue weighted by molar-refractivity contribution is 7.46. The maximum Gasteiger partial charge on any atom is 0.469 e. The molecule has 7 amide bonds. The van der Waals surface area contributed by atoms with E-state index in [0.29, 0.717) is 24.8 Å². The average Bonchev–Trinajstić information content (AvgIpc) is 3.27. The van der Waals surface area contributed by atoms with Crippen molar-refractivity contribution < 1.29 is 72.6 Å². The van der Waals surface area contributed by atoms with Gasteiger partial charge in [-0.15, -0.1) is 0 Å². The van der Waals surface area contributed by atoms with E-state index in [1.165, 1.54) is 6.92 Å². The Bertz CT molecular complexity index is 1950. The number of rotatable bonds is 33. The maximum atomic E-state index is 14.0. The number of guanidine groups is 1. The zero-order valence-electron chi connectivity index (χ0n) is 40.0. The summed E-state index contributed by atoms with van der Waals surface area (Å²) in [5.41, 5.74) is 22.6. The first kappa shape index (κ1) is 62.2. The van der Waals surface area contributed by atoms with Crippen LogP contribution in [0.4, 0.5) is 0 Å². The molecule has 0 fully saturated rings. The molecule has 1 aromatic carbocycles. The number of aliphatic carboxylic acids is 1. The van der Waals surface area contributed by atoms with Gasteiger partial charge in [-0.05, 0) is 69.4 Å². The van der Waals surface area contributed by atoms with Crippen LogP contribution < -0.4 is 60.2 Å². The summed E-state index contributed by atoms with van der Waals surface area (Å²) in [7, 11) is -5.29. The molecule has 70 heavy (non-hydrogen) atoms. The van der Waals surface area contributed by atoms with Crippen molar-refractivity contribution in [1.29, 1.82) is 0 Å². The Morgan fingerprint density at radius 1 is 0.671 bits per heavy atom. The van der Waals surface area contributed by atoms with E-state index in [0.717, 1.165) is 0 Å². The van der Waals surface area contributed by atoms with E-state index in [1.54, 1.807) is 58.0 Å². The van der Waals surface area contributed by atoms with Gasteiger partial charge in [-0.1, -0.05) is 58.0 Å². The number of nitrogens with one attached hydrogen (secondary N) is 7. The molecule has 27 nitrogen and oxygen atoms in total. The van der Waals surface area contributed by atoms with Gasteiger partial charge in [0.1, 0.15) is 42.3 Å². The van der Waals surface area contributed by atoms with Gasteiger partial charge in [0.25, 0.3) is 0 Å². The first-order valence-electron chi connectivity index (χ1n) is 22.6. The molecule has 0 spiro atoms. The Balaban J connectivity index is 3.40. The molecule has 0 unspecified atom stereocenters. The number of carboxylic acids is 1. The molecule has 9 atom stereocenters. The van der Waals surface area contributed by atoms with Crippen molar-refractivity contribution >= 4 is 61.1 Å². The first-order chi connectivity index (χ1) is 32.7. The number of phosphoric acid groups is 1. The molecule has 0 aliphatic carbocycles. The van der Waals surface area contributed by atoms with Crippen LogP contribution in [-0.4, -0.2) is 159 Å². The van der Waals surface area contributed by atoms with Crippen molar-refractivity contribution in [3.05, 3.63) is 35.9 Å². The highest BCUT2D eigenvalue weighted by Crippen LogP contribution is 2.35. The van der Waals surface area contributed by atoms with Crippen LogP contribution in [0, 0.1) is 11.8 Å². The molecule has 0 aliphatic rings. The summed E-state index contributed by atoms with van der Waals surface area (Å²) >= 11 is 0. The summed E-state index contributed by atoms with van der Waals surface area (Å²) < 4.78 is 16.2. The number of aliphatic hydroxyl groups excluding tert-OH is 2. The van der Waals surface area contributed by atoms with Crippen LogP contribution in [0.15, 0.2) is 35.3 Å². The Morgan fingerprint density at radius 3 is 1.71 bits per heavy atom. The number of hydrogen-bond donors (Lipinski definition) is 16. The fourth-order valence-corrected chi connectivity index (χ4v) is 6.85. The third kappa shape index (κ3) is 24.2. The lowest BCUT2D eigenvalue weighted by Crippen LogP contribution is -2.62. The molecule has 1 aromatic rings. The molecule has 28 heteroatoms. The fraction of sp³-hybridized carbons (Fsp3) is 0.643. The number of aliphatic imine (C=N–C) groups is 1. The molecule has 0 bridgehead atoms. The van der Waals surface area contributed by atoms with Crippen molar-refractivity contribution in [1.82, 2.24) is 37.2 Å². The number of carbonyl (C=O) groups is 8. The van der Waals surface area contributed by atoms with Gasteiger partial charge in [0.05, 0.1) is 25.4 Å². The summed E-state index contributed by atoms with van der Waals surface area (Å²) in [6.45, 7) is 5.88. The van der Waals surface area contributed by atoms with Gasteiger partial charge in [-0.3, -0.25) is 43.1 Å². The molecule has 20 N–H and O–H groups in total. The second-order valence-corrected chi connectivity index (χ2v) is 18.5. The number of benzene rings is 1. The van der Waals surface area contributed by atoms with Crippen LogP contribution >= 0.6 is 7.82 Å². The van der Waals surface area contributed by atoms with Crippen LogP contribution in [0.5, 0.6) is 0 Å². The average molecular weight is 1020 g/mol. The predicted octanol–water partition coefficient (Wildman–Crippen LogP) is -4.60. The maximum absolute atomic E-state index is 14.0. The SMILES string of the molecule is CC(C)C[C@H](NC(=O)[C@@H](N)CCCN=C(N)N)C(=O)N[C@@H](COP(=O)(O)O)C(=O)N[C@@H](CO)C(=O)N[C@@H](Cc1ccccc1)C(=O)N[C@H](C(=O)N[C@H](C(=O)N[C@@H](CCCCN)C(=O)O)[C@@H](C)O)C(C)C. The van der Waals surface area contributed by atoms with E-state index in [1.807, 2.05) is 0 Å². The zero-order chi connectivity index (χ0) is 53.3. The highest BCUT2D eigenvalue weighted by Gasteiger charge is 2.37. The second kappa shape index (κ2) is 31.4. The second-order valence-electron chi connectivity index (χ2n) is 17.2. The number of nitrogens with two attached hydrogens (primary N) is 4. The van der Waals surface area contributed by atoms with Crippen molar-refractivity contribution in [3.63, 3.8) is 0 Å². The number of carbonyl (C=O) groups excluding carboxylic acids is 7. The molecule has 0 saturated heterocycles. The third-order valence-corrected chi connectivity index (χ3v) is 10.8. The van der Waals surface area contributed by atoms with Gasteiger partial charge >= 0.3 is 13.8 Å². The summed E-state index contributed by atoms with van der Waals surface area (Å²) in [6.07, 6.45) is -0.480. The normalized spacial score (nSPS) is 15.3. The topological polar surface area (TPSA) is 465 Å². The lowest BCUT2D eigenvalue weighted by Gasteiger charge is -2.29. The Labute approximate surface area is 406 Å². The standard InChI is InChI=1S/C42H73N12O15P/c1-22(2)18-28(49-34(57)26(44)14-11-17-47-42(45)46)35(58)52-31(21-69-70(66,67)68)38(61)51-30(20-55)37(60)50-29(19-25-12-7-6-8-13-25)36(59)53-32(23(3)4)39(62)54-33(24(5)56)40(63)48-27(41(64)65)15-9-10-16-43/h6-8,12-13,22-24,26-33,55-56H,9-11,14-21,43-44H2,1-5H3,(H,48,63)(H,49,57)(H,50,60)(H,51,61)(H,52,58)(H,53,59)(H,54,62)(H,64,65)(H4,45,46,47)(H2,66,67,68)/t24-,26+,27+,28+,29+,30+,31+,32+,33+/m1/s1. The monoisotopic (exact) mass is 1020 g/mol. The number of unbranched alkanes of at least 4 members (excludes halogenated alkanes) is 1. The number of hydrogen-bond acceptors (Lipinski definition) is 15. The van der Waals surface area contributed by atoms with Crippen molar-refractivity contribution in [2.24, 2.45) is 39.8 Å². The predicted molar refractivity (Wildman–Crippen MR) is 253 cm³/mol. The van der Waals surface area contributed by atoms with E-state index in [2.05, 4.69) is 46.7 Å². The van der Waals surface area contributed by atoms with Crippen LogP contribution in [-0.2, 0) is 53.9 Å². The number of phosphoric ester groups is 1. The molecule has 0 radical (unpaired) electrons. The summed E-state index contributed by atoms with van der Waals surface area (Å²) in [5.74, 6) is -9.64. The van der Waals surface area contributed by atoms with E-state index < -0.39 is 129 Å². The van der Waals surface area contributed by atoms with E-state index in [9.17, 15) is 68.0 Å². The minimum atomic E-state index is -5.29. The van der Waals surface area contributed by atoms with Crippen LogP contribution in [0.1, 0.15) is 78.7 Å². The summed E-state index contributed by atoms with van der Waals surface area (Å²) in [4.78, 5) is 130. The van der Waals surface area contributed by atoms with E-state index in [4.69, 9.17) is 22.9 Å². The van der Waals surface area contributed by atoms with Crippen LogP contribution in [0.25, 0.3) is 0 Å². The van der Waals surface area contributed by atoms with Crippen LogP contribution in [0.2, 0.25) is 0 Å². The van der Waals surface area contributed by atoms with Gasteiger partial charge < -0.3 is 85.3 Å². The largest absolute Gasteiger partial charge is 0.480 e. The number of carboxylic acid groups (broad SMARTS) is 1. The van der Waals surface area contributed by atoms with E-state index >= 15 is 0 Å². The molecule has 0 aliphatic heterocycles. The molecule has 0 aromatic heterocycles. The lowest BCUT2D eigenvalue weighted by molar-refractivity contribution is -0.143. The minimum Gasteiger partial charge on any atom is -0.480 e. The number of aliphatic hydroxyl groups is 2. The fourth-order valence-electron chi connectivity index (χ4n) is 6.51. The van der Waals surface area contributed by atoms with Gasteiger partial charge in [0.15, 0.2) is 5.96 Å². The number of amides is 7. The summed E-state index contributed by atoms with van der Waals surface area (Å²) in [6, 6.07) is -4.14. The zero-order valence-corrected chi connectivity index (χ0v) is 40.9. The smallest absolute Gasteiger partial charge is 0.469 e. The van der Waals surface area contributed by atoms with Gasteiger partial charge in [0.2, 0.25) is 41.4 Å². The molecular weight excluding hydrogens is 944 g/mol. The lowest BCUT2D eigenvalue weighted by atomic mass is 10.00. The van der Waals surface area contributed by atoms with Crippen molar-refractivity contribution in [2.45, 2.75) is 134 Å². The Morgan fingerprint density at radius 2 is 1.19 bits per heavy atom. The van der Waals surface area contributed by atoms with Gasteiger partial charge in [0, 0.05) is 13.0 Å². The Hall–Kier alpha value is -5.80. The van der Waals surface area contributed by atoms with Crippen molar-refractivity contribution in [3.8, 4) is 0 Å².